The number of rotatable bonds is 3. The highest BCUT2D eigenvalue weighted by molar-refractivity contribution is 5.81. The Kier molecular flexibility index (Phi) is 3.66. The van der Waals surface area contributed by atoms with Crippen LogP contribution in [-0.2, 0) is 4.79 Å². The molecule has 0 saturated heterocycles. The summed E-state index contributed by atoms with van der Waals surface area (Å²) in [5, 5.41) is 3.19. The summed E-state index contributed by atoms with van der Waals surface area (Å²) in [5.74, 6) is 1.36. The Balaban J connectivity index is 1.97. The minimum atomic E-state index is -0.0179. The van der Waals surface area contributed by atoms with Crippen LogP contribution in [-0.4, -0.2) is 12.5 Å². The molecule has 1 aromatic carbocycles. The molecule has 1 heterocycles. The van der Waals surface area contributed by atoms with Gasteiger partial charge in [-0.25, -0.2) is 0 Å². The summed E-state index contributed by atoms with van der Waals surface area (Å²) < 4.78 is 5.87. The summed E-state index contributed by atoms with van der Waals surface area (Å²) in [7, 11) is 0. The number of benzene rings is 1. The highest BCUT2D eigenvalue weighted by Crippen LogP contribution is 2.40. The molecular weight excluding hydrogens is 264 g/mol. The van der Waals surface area contributed by atoms with Gasteiger partial charge in [-0.15, -0.1) is 0 Å². The van der Waals surface area contributed by atoms with Crippen molar-refractivity contribution in [3.8, 4) is 5.75 Å². The number of nitrogens with one attached hydrogen (secondary N) is 1. The number of nitrogens with two attached hydrogens (primary N) is 1. The predicted octanol–water partition coefficient (Wildman–Crippen LogP) is 2.67. The molecule has 3 rings (SSSR count). The first-order valence-corrected chi connectivity index (χ1v) is 7.81. The van der Waals surface area contributed by atoms with Crippen LogP contribution in [0.25, 0.3) is 0 Å². The smallest absolute Gasteiger partial charge is 0.223 e. The van der Waals surface area contributed by atoms with Gasteiger partial charge in [-0.3, -0.25) is 4.79 Å². The minimum absolute atomic E-state index is 0.0179. The zero-order valence-electron chi connectivity index (χ0n) is 13.0. The lowest BCUT2D eigenvalue weighted by Gasteiger charge is -2.30. The highest BCUT2D eigenvalue weighted by atomic mass is 16.5. The molecule has 1 aliphatic heterocycles. The van der Waals surface area contributed by atoms with Crippen molar-refractivity contribution in [2.75, 3.05) is 6.61 Å². The van der Waals surface area contributed by atoms with E-state index in [4.69, 9.17) is 10.5 Å². The second kappa shape index (κ2) is 5.34. The van der Waals surface area contributed by atoms with E-state index in [0.29, 0.717) is 6.61 Å². The van der Waals surface area contributed by atoms with Gasteiger partial charge in [0.05, 0.1) is 12.6 Å². The van der Waals surface area contributed by atoms with Gasteiger partial charge in [-0.05, 0) is 56.4 Å². The maximum atomic E-state index is 12.1. The summed E-state index contributed by atoms with van der Waals surface area (Å²) in [5.41, 5.74) is 10.7. The molecule has 2 atom stereocenters. The molecule has 4 heteroatoms. The van der Waals surface area contributed by atoms with E-state index in [2.05, 4.69) is 25.2 Å². The van der Waals surface area contributed by atoms with Crippen LogP contribution in [0.15, 0.2) is 6.07 Å². The topological polar surface area (TPSA) is 64.3 Å². The second-order valence-electron chi connectivity index (χ2n) is 6.40. The number of ether oxygens (including phenoxy) is 1. The van der Waals surface area contributed by atoms with Gasteiger partial charge in [-0.2, -0.15) is 0 Å². The van der Waals surface area contributed by atoms with Gasteiger partial charge in [-0.1, -0.05) is 0 Å². The van der Waals surface area contributed by atoms with Crippen LogP contribution in [0.3, 0.4) is 0 Å². The van der Waals surface area contributed by atoms with Gasteiger partial charge in [0.25, 0.3) is 0 Å². The van der Waals surface area contributed by atoms with Crippen molar-refractivity contribution >= 4 is 5.91 Å². The van der Waals surface area contributed by atoms with E-state index >= 15 is 0 Å². The lowest BCUT2D eigenvalue weighted by Crippen LogP contribution is -2.33. The average molecular weight is 288 g/mol. The number of fused-ring (bicyclic) bond motifs is 1. The van der Waals surface area contributed by atoms with Crippen LogP contribution >= 0.6 is 0 Å². The van der Waals surface area contributed by atoms with E-state index < -0.39 is 0 Å². The number of hydrogen-bond acceptors (Lipinski definition) is 3. The van der Waals surface area contributed by atoms with Crippen molar-refractivity contribution < 1.29 is 9.53 Å². The van der Waals surface area contributed by atoms with E-state index in [0.717, 1.165) is 41.7 Å². The Labute approximate surface area is 126 Å². The Morgan fingerprint density at radius 3 is 2.67 bits per heavy atom. The van der Waals surface area contributed by atoms with Crippen LogP contribution in [0, 0.1) is 19.8 Å². The maximum absolute atomic E-state index is 12.1. The average Bonchev–Trinajstić information content (AvgIpc) is 3.27. The highest BCUT2D eigenvalue weighted by Gasteiger charge is 2.33. The second-order valence-corrected chi connectivity index (χ2v) is 6.40. The molecule has 0 aromatic heterocycles. The van der Waals surface area contributed by atoms with Gasteiger partial charge in [0, 0.05) is 23.9 Å². The molecule has 3 N–H and O–H groups in total. The van der Waals surface area contributed by atoms with Gasteiger partial charge in [0.2, 0.25) is 5.91 Å². The molecule has 1 saturated carbocycles. The quantitative estimate of drug-likeness (QED) is 0.898. The third-order valence-corrected chi connectivity index (χ3v) is 4.69. The lowest BCUT2D eigenvalue weighted by molar-refractivity contribution is -0.123. The first-order valence-electron chi connectivity index (χ1n) is 7.81. The molecule has 0 spiro atoms. The largest absolute Gasteiger partial charge is 0.493 e. The fourth-order valence-electron chi connectivity index (χ4n) is 3.09. The van der Waals surface area contributed by atoms with Crippen molar-refractivity contribution in [2.45, 2.75) is 52.1 Å². The number of hydrogen-bond donors (Lipinski definition) is 2. The van der Waals surface area contributed by atoms with Gasteiger partial charge >= 0.3 is 0 Å². The number of amides is 1. The summed E-state index contributed by atoms with van der Waals surface area (Å²) in [6.45, 7) is 6.81. The fraction of sp³-hybridized carbons (Fsp3) is 0.588. The van der Waals surface area contributed by atoms with E-state index in [-0.39, 0.29) is 23.9 Å². The van der Waals surface area contributed by atoms with E-state index in [9.17, 15) is 4.79 Å². The van der Waals surface area contributed by atoms with E-state index in [1.165, 1.54) is 5.56 Å². The third kappa shape index (κ3) is 2.64. The molecule has 2 unspecified atom stereocenters. The van der Waals surface area contributed by atoms with Crippen LogP contribution in [0.4, 0.5) is 0 Å². The Bertz CT molecular complexity index is 577. The van der Waals surface area contributed by atoms with Crippen molar-refractivity contribution in [1.82, 2.24) is 5.32 Å². The summed E-state index contributed by atoms with van der Waals surface area (Å²) >= 11 is 0. The molecule has 2 aliphatic rings. The summed E-state index contributed by atoms with van der Waals surface area (Å²) in [6.07, 6.45) is 2.88. The van der Waals surface area contributed by atoms with Gasteiger partial charge in [0.1, 0.15) is 5.75 Å². The van der Waals surface area contributed by atoms with Crippen molar-refractivity contribution in [1.29, 1.82) is 0 Å². The molecule has 1 amide bonds. The normalized spacial score (nSPS) is 22.2. The van der Waals surface area contributed by atoms with Gasteiger partial charge in [0.15, 0.2) is 0 Å². The molecule has 0 bridgehead atoms. The van der Waals surface area contributed by atoms with Crippen LogP contribution in [0.5, 0.6) is 5.75 Å². The van der Waals surface area contributed by atoms with Crippen LogP contribution < -0.4 is 15.8 Å². The first kappa shape index (κ1) is 14.4. The van der Waals surface area contributed by atoms with Crippen LogP contribution in [0.1, 0.15) is 60.5 Å². The number of carbonyl (C=O) groups is 1. The molecule has 0 radical (unpaired) electrons. The van der Waals surface area contributed by atoms with E-state index in [1.807, 2.05) is 6.92 Å². The lowest BCUT2D eigenvalue weighted by atomic mass is 9.89. The van der Waals surface area contributed by atoms with Crippen molar-refractivity contribution in [2.24, 2.45) is 11.7 Å². The fourth-order valence-corrected chi connectivity index (χ4v) is 3.09. The SMILES string of the molecule is Cc1c(C(C)N)cc2c(c1C)OCCC2NC(=O)C1CC1. The third-order valence-electron chi connectivity index (χ3n) is 4.69. The summed E-state index contributed by atoms with van der Waals surface area (Å²) in [6, 6.07) is 2.16. The Hall–Kier alpha value is -1.55. The monoisotopic (exact) mass is 288 g/mol. The molecule has 1 aromatic rings. The number of carbonyl (C=O) groups excluding carboxylic acids is 1. The molecule has 21 heavy (non-hydrogen) atoms. The standard InChI is InChI=1S/C17H24N2O2/c1-9-10(2)16-14(8-13(9)11(3)18)15(6-7-21-16)19-17(20)12-4-5-12/h8,11-12,15H,4-7,18H2,1-3H3,(H,19,20). The molecule has 1 fully saturated rings. The van der Waals surface area contributed by atoms with Crippen LogP contribution in [0.2, 0.25) is 0 Å². The zero-order valence-corrected chi connectivity index (χ0v) is 13.0. The molecule has 1 aliphatic carbocycles. The zero-order chi connectivity index (χ0) is 15.1. The molecule has 114 valence electrons. The predicted molar refractivity (Wildman–Crippen MR) is 82.2 cm³/mol. The molecular formula is C17H24N2O2. The maximum Gasteiger partial charge on any atom is 0.223 e. The van der Waals surface area contributed by atoms with Crippen molar-refractivity contribution in [3.05, 3.63) is 28.3 Å². The van der Waals surface area contributed by atoms with Gasteiger partial charge < -0.3 is 15.8 Å². The summed E-state index contributed by atoms with van der Waals surface area (Å²) in [4.78, 5) is 12.1. The molecule has 4 nitrogen and oxygen atoms in total. The minimum Gasteiger partial charge on any atom is -0.493 e. The Morgan fingerprint density at radius 2 is 2.05 bits per heavy atom. The first-order chi connectivity index (χ1) is 9.99. The van der Waals surface area contributed by atoms with E-state index in [1.54, 1.807) is 0 Å². The van der Waals surface area contributed by atoms with Crippen molar-refractivity contribution in [3.63, 3.8) is 0 Å². The Morgan fingerprint density at radius 1 is 1.33 bits per heavy atom.